The normalized spacial score (nSPS) is 22.8. The second kappa shape index (κ2) is 5.48. The van der Waals surface area contributed by atoms with Crippen molar-refractivity contribution in [1.29, 1.82) is 0 Å². The Bertz CT molecular complexity index is 339. The number of ketones is 1. The van der Waals surface area contributed by atoms with Crippen LogP contribution in [0, 0.1) is 11.3 Å². The van der Waals surface area contributed by atoms with Crippen LogP contribution in [0.1, 0.15) is 47.0 Å². The number of Topliss-reactive ketones (excluding diaryl/α,β-unsaturated/α-hetero) is 1. The molecule has 0 aromatic rings. The average Bonchev–Trinajstić information content (AvgIpc) is 2.18. The van der Waals surface area contributed by atoms with Crippen LogP contribution in [0.15, 0.2) is 11.6 Å². The van der Waals surface area contributed by atoms with Crippen molar-refractivity contribution in [1.82, 2.24) is 0 Å². The number of esters is 1. The summed E-state index contributed by atoms with van der Waals surface area (Å²) in [6.45, 7) is 8.28. The summed E-state index contributed by atoms with van der Waals surface area (Å²) in [4.78, 5) is 22.1. The van der Waals surface area contributed by atoms with Gasteiger partial charge in [-0.1, -0.05) is 25.5 Å². The summed E-state index contributed by atoms with van der Waals surface area (Å²) in [5.41, 5.74) is 1.52. The van der Waals surface area contributed by atoms with Gasteiger partial charge in [-0.05, 0) is 32.1 Å². The first-order valence-corrected chi connectivity index (χ1v) is 6.13. The SMILES string of the molecule is CC(=O)CC(=O)OCC1C=C(C)CCC1(C)C. The molecule has 0 heterocycles. The minimum atomic E-state index is -0.412. The molecule has 1 atom stereocenters. The summed E-state index contributed by atoms with van der Waals surface area (Å²) in [6.07, 6.45) is 4.32. The van der Waals surface area contributed by atoms with E-state index in [0.717, 1.165) is 12.8 Å². The Hall–Kier alpha value is -1.12. The van der Waals surface area contributed by atoms with Crippen molar-refractivity contribution >= 4 is 11.8 Å². The van der Waals surface area contributed by atoms with Crippen molar-refractivity contribution < 1.29 is 14.3 Å². The monoisotopic (exact) mass is 238 g/mol. The van der Waals surface area contributed by atoms with Gasteiger partial charge >= 0.3 is 5.97 Å². The highest BCUT2D eigenvalue weighted by Gasteiger charge is 2.31. The van der Waals surface area contributed by atoms with E-state index in [4.69, 9.17) is 4.74 Å². The van der Waals surface area contributed by atoms with Crippen LogP contribution in [0.3, 0.4) is 0 Å². The zero-order chi connectivity index (χ0) is 13.1. The van der Waals surface area contributed by atoms with Crippen LogP contribution < -0.4 is 0 Å². The number of carbonyl (C=O) groups excluding carboxylic acids is 2. The molecule has 1 unspecified atom stereocenters. The van der Waals surface area contributed by atoms with Crippen molar-refractivity contribution in [3.63, 3.8) is 0 Å². The molecule has 3 heteroatoms. The summed E-state index contributed by atoms with van der Waals surface area (Å²) >= 11 is 0. The lowest BCUT2D eigenvalue weighted by Crippen LogP contribution is -2.30. The number of rotatable bonds is 4. The number of carbonyl (C=O) groups is 2. The lowest BCUT2D eigenvalue weighted by atomic mass is 9.71. The van der Waals surface area contributed by atoms with Gasteiger partial charge in [0.05, 0.1) is 6.61 Å². The minimum absolute atomic E-state index is 0.115. The van der Waals surface area contributed by atoms with E-state index in [9.17, 15) is 9.59 Å². The van der Waals surface area contributed by atoms with Gasteiger partial charge in [-0.2, -0.15) is 0 Å². The van der Waals surface area contributed by atoms with E-state index in [1.54, 1.807) is 0 Å². The lowest BCUT2D eigenvalue weighted by molar-refractivity contribution is -0.147. The molecule has 0 N–H and O–H groups in total. The maximum atomic E-state index is 11.3. The molecule has 17 heavy (non-hydrogen) atoms. The van der Waals surface area contributed by atoms with E-state index in [0.29, 0.717) is 6.61 Å². The van der Waals surface area contributed by atoms with Crippen LogP contribution in [0.2, 0.25) is 0 Å². The molecule has 96 valence electrons. The van der Waals surface area contributed by atoms with Gasteiger partial charge < -0.3 is 4.74 Å². The molecule has 0 amide bonds. The molecule has 3 nitrogen and oxygen atoms in total. The first-order valence-electron chi connectivity index (χ1n) is 6.13. The third-order valence-corrected chi connectivity index (χ3v) is 3.47. The second-order valence-corrected chi connectivity index (χ2v) is 5.67. The van der Waals surface area contributed by atoms with Crippen LogP contribution in [-0.4, -0.2) is 18.4 Å². The van der Waals surface area contributed by atoms with Gasteiger partial charge in [0.1, 0.15) is 12.2 Å². The maximum absolute atomic E-state index is 11.3. The van der Waals surface area contributed by atoms with Gasteiger partial charge in [0.15, 0.2) is 0 Å². The predicted molar refractivity (Wildman–Crippen MR) is 66.5 cm³/mol. The lowest BCUT2D eigenvalue weighted by Gasteiger charge is -2.36. The van der Waals surface area contributed by atoms with E-state index >= 15 is 0 Å². The standard InChI is InChI=1S/C14H22O3/c1-10-5-6-14(3,4)12(7-10)9-17-13(16)8-11(2)15/h7,12H,5-6,8-9H2,1-4H3. The van der Waals surface area contributed by atoms with Gasteiger partial charge in [-0.15, -0.1) is 0 Å². The molecule has 0 spiro atoms. The van der Waals surface area contributed by atoms with Crippen molar-refractivity contribution in [3.8, 4) is 0 Å². The van der Waals surface area contributed by atoms with Crippen LogP contribution >= 0.6 is 0 Å². The fourth-order valence-electron chi connectivity index (χ4n) is 2.07. The van der Waals surface area contributed by atoms with Crippen molar-refractivity contribution in [2.24, 2.45) is 11.3 Å². The van der Waals surface area contributed by atoms with Gasteiger partial charge in [0, 0.05) is 5.92 Å². The van der Waals surface area contributed by atoms with Crippen molar-refractivity contribution in [2.75, 3.05) is 6.61 Å². The highest BCUT2D eigenvalue weighted by molar-refractivity contribution is 5.94. The van der Waals surface area contributed by atoms with Gasteiger partial charge in [-0.3, -0.25) is 9.59 Å². The molecule has 0 fully saturated rings. The van der Waals surface area contributed by atoms with E-state index in [1.165, 1.54) is 12.5 Å². The molecule has 0 bridgehead atoms. The van der Waals surface area contributed by atoms with Crippen molar-refractivity contribution in [2.45, 2.75) is 47.0 Å². The fourth-order valence-corrected chi connectivity index (χ4v) is 2.07. The summed E-state index contributed by atoms with van der Waals surface area (Å²) in [6, 6.07) is 0. The predicted octanol–water partition coefficient (Wildman–Crippen LogP) is 2.89. The summed E-state index contributed by atoms with van der Waals surface area (Å²) in [7, 11) is 0. The summed E-state index contributed by atoms with van der Waals surface area (Å²) < 4.78 is 5.17. The highest BCUT2D eigenvalue weighted by atomic mass is 16.5. The van der Waals surface area contributed by atoms with E-state index in [-0.39, 0.29) is 23.5 Å². The van der Waals surface area contributed by atoms with E-state index in [1.807, 2.05) is 0 Å². The zero-order valence-corrected chi connectivity index (χ0v) is 11.2. The molecule has 0 radical (unpaired) electrons. The Morgan fingerprint density at radius 3 is 2.71 bits per heavy atom. The number of allylic oxidation sites excluding steroid dienone is 1. The molecular formula is C14H22O3. The quantitative estimate of drug-likeness (QED) is 0.429. The largest absolute Gasteiger partial charge is 0.465 e. The average molecular weight is 238 g/mol. The topological polar surface area (TPSA) is 43.4 Å². The minimum Gasteiger partial charge on any atom is -0.465 e. The molecule has 0 aromatic heterocycles. The third kappa shape index (κ3) is 4.33. The summed E-state index contributed by atoms with van der Waals surface area (Å²) in [5.74, 6) is -0.304. The maximum Gasteiger partial charge on any atom is 0.313 e. The van der Waals surface area contributed by atoms with Crippen LogP contribution in [0.25, 0.3) is 0 Å². The first-order chi connectivity index (χ1) is 7.81. The van der Waals surface area contributed by atoms with Crippen molar-refractivity contribution in [3.05, 3.63) is 11.6 Å². The van der Waals surface area contributed by atoms with E-state index in [2.05, 4.69) is 26.8 Å². The van der Waals surface area contributed by atoms with Gasteiger partial charge in [0.25, 0.3) is 0 Å². The Labute approximate surface area is 103 Å². The molecule has 0 saturated carbocycles. The molecule has 0 saturated heterocycles. The fraction of sp³-hybridized carbons (Fsp3) is 0.714. The molecule has 1 aliphatic rings. The molecule has 1 rings (SSSR count). The number of hydrogen-bond acceptors (Lipinski definition) is 3. The molecule has 1 aliphatic carbocycles. The number of ether oxygens (including phenoxy) is 1. The molecule has 0 aromatic carbocycles. The molecule has 0 aliphatic heterocycles. The van der Waals surface area contributed by atoms with Crippen LogP contribution in [0.4, 0.5) is 0 Å². The second-order valence-electron chi connectivity index (χ2n) is 5.67. The number of hydrogen-bond donors (Lipinski definition) is 0. The smallest absolute Gasteiger partial charge is 0.313 e. The third-order valence-electron chi connectivity index (χ3n) is 3.47. The van der Waals surface area contributed by atoms with E-state index < -0.39 is 5.97 Å². The summed E-state index contributed by atoms with van der Waals surface area (Å²) in [5, 5.41) is 0. The Morgan fingerprint density at radius 2 is 2.12 bits per heavy atom. The van der Waals surface area contributed by atoms with Crippen LogP contribution in [-0.2, 0) is 14.3 Å². The first kappa shape index (κ1) is 13.9. The van der Waals surface area contributed by atoms with Gasteiger partial charge in [-0.25, -0.2) is 0 Å². The Kier molecular flexibility index (Phi) is 4.49. The Morgan fingerprint density at radius 1 is 1.47 bits per heavy atom. The highest BCUT2D eigenvalue weighted by Crippen LogP contribution is 2.39. The van der Waals surface area contributed by atoms with Crippen LogP contribution in [0.5, 0.6) is 0 Å². The zero-order valence-electron chi connectivity index (χ0n) is 11.2. The Balaban J connectivity index is 2.52. The van der Waals surface area contributed by atoms with Gasteiger partial charge in [0.2, 0.25) is 0 Å². The molecular weight excluding hydrogens is 216 g/mol.